The first-order chi connectivity index (χ1) is 15.1. The Morgan fingerprint density at radius 2 is 1.74 bits per heavy atom. The number of ketones is 1. The second-order valence-electron chi connectivity index (χ2n) is 8.30. The number of nitrogens with one attached hydrogen (secondary N) is 2. The average Bonchev–Trinajstić information content (AvgIpc) is 3.05. The molecule has 0 saturated heterocycles. The van der Waals surface area contributed by atoms with Crippen molar-refractivity contribution in [3.63, 3.8) is 0 Å². The Hall–Kier alpha value is -2.62. The third kappa shape index (κ3) is 5.36. The molecule has 2 N–H and O–H groups in total. The third-order valence-corrected chi connectivity index (χ3v) is 6.40. The minimum absolute atomic E-state index is 0.180. The molecular formula is C27H29ClN2O. The number of rotatable bonds is 7. The molecular weight excluding hydrogens is 404 g/mol. The van der Waals surface area contributed by atoms with E-state index in [-0.39, 0.29) is 11.7 Å². The van der Waals surface area contributed by atoms with Crippen molar-refractivity contribution in [2.45, 2.75) is 38.6 Å². The van der Waals surface area contributed by atoms with E-state index in [0.29, 0.717) is 13.0 Å². The summed E-state index contributed by atoms with van der Waals surface area (Å²) in [7, 11) is 0. The maximum Gasteiger partial charge on any atom is 0.163 e. The fourth-order valence-corrected chi connectivity index (χ4v) is 4.47. The summed E-state index contributed by atoms with van der Waals surface area (Å²) in [5.74, 6) is 0.389. The lowest BCUT2D eigenvalue weighted by Gasteiger charge is -2.16. The zero-order chi connectivity index (χ0) is 21.6. The molecule has 0 amide bonds. The van der Waals surface area contributed by atoms with Gasteiger partial charge in [0.25, 0.3) is 0 Å². The zero-order valence-electron chi connectivity index (χ0n) is 18.0. The first-order valence-corrected chi connectivity index (χ1v) is 11.4. The van der Waals surface area contributed by atoms with Crippen LogP contribution in [0.2, 0.25) is 5.02 Å². The van der Waals surface area contributed by atoms with Crippen LogP contribution in [0.25, 0.3) is 0 Å². The molecule has 3 aromatic carbocycles. The summed E-state index contributed by atoms with van der Waals surface area (Å²) < 4.78 is 0. The van der Waals surface area contributed by atoms with E-state index in [0.717, 1.165) is 47.8 Å². The maximum atomic E-state index is 12.7. The largest absolute Gasteiger partial charge is 0.380 e. The summed E-state index contributed by atoms with van der Waals surface area (Å²) in [6.07, 6.45) is 2.52. The van der Waals surface area contributed by atoms with Crippen LogP contribution in [-0.4, -0.2) is 18.9 Å². The van der Waals surface area contributed by atoms with Gasteiger partial charge in [-0.2, -0.15) is 0 Å². The summed E-state index contributed by atoms with van der Waals surface area (Å²) in [6, 6.07) is 22.3. The van der Waals surface area contributed by atoms with Gasteiger partial charge in [0.2, 0.25) is 0 Å². The van der Waals surface area contributed by atoms with Gasteiger partial charge in [-0.1, -0.05) is 79.2 Å². The minimum Gasteiger partial charge on any atom is -0.380 e. The van der Waals surface area contributed by atoms with Crippen LogP contribution >= 0.6 is 11.6 Å². The monoisotopic (exact) mass is 432 g/mol. The molecule has 0 saturated carbocycles. The second kappa shape index (κ2) is 10.1. The summed E-state index contributed by atoms with van der Waals surface area (Å²) in [6.45, 7) is 4.76. The summed E-state index contributed by atoms with van der Waals surface area (Å²) >= 11 is 6.52. The van der Waals surface area contributed by atoms with Gasteiger partial charge < -0.3 is 10.6 Å². The van der Waals surface area contributed by atoms with Crippen molar-refractivity contribution in [1.82, 2.24) is 5.32 Å². The Morgan fingerprint density at radius 1 is 1.00 bits per heavy atom. The first-order valence-electron chi connectivity index (χ1n) is 11.0. The van der Waals surface area contributed by atoms with Gasteiger partial charge in [-0.25, -0.2) is 0 Å². The van der Waals surface area contributed by atoms with Crippen LogP contribution < -0.4 is 10.6 Å². The topological polar surface area (TPSA) is 41.1 Å². The molecule has 1 atom stereocenters. The lowest BCUT2D eigenvalue weighted by atomic mass is 9.93. The molecule has 0 fully saturated rings. The highest BCUT2D eigenvalue weighted by Gasteiger charge is 2.15. The van der Waals surface area contributed by atoms with Gasteiger partial charge in [-0.15, -0.1) is 0 Å². The molecule has 1 heterocycles. The summed E-state index contributed by atoms with van der Waals surface area (Å²) in [4.78, 5) is 12.7. The number of hydrogen-bond donors (Lipinski definition) is 2. The lowest BCUT2D eigenvalue weighted by Crippen LogP contribution is -2.16. The normalized spacial score (nSPS) is 14.4. The van der Waals surface area contributed by atoms with E-state index < -0.39 is 0 Å². The van der Waals surface area contributed by atoms with E-state index in [4.69, 9.17) is 11.6 Å². The highest BCUT2D eigenvalue weighted by atomic mass is 35.5. The molecule has 0 spiro atoms. The Kier molecular flexibility index (Phi) is 7.06. The van der Waals surface area contributed by atoms with Crippen molar-refractivity contribution < 1.29 is 4.79 Å². The van der Waals surface area contributed by atoms with Crippen molar-refractivity contribution in [1.29, 1.82) is 0 Å². The highest BCUT2D eigenvalue weighted by molar-refractivity contribution is 6.33. The van der Waals surface area contributed by atoms with Crippen molar-refractivity contribution in [3.8, 4) is 0 Å². The van der Waals surface area contributed by atoms with Crippen LogP contribution in [0, 0.1) is 0 Å². The number of fused-ring (bicyclic) bond motifs is 1. The number of anilines is 1. The van der Waals surface area contributed by atoms with Gasteiger partial charge >= 0.3 is 0 Å². The number of carbonyl (C=O) groups excluding carboxylic acids is 1. The van der Waals surface area contributed by atoms with Gasteiger partial charge in [-0.3, -0.25) is 4.79 Å². The quantitative estimate of drug-likeness (QED) is 0.449. The zero-order valence-corrected chi connectivity index (χ0v) is 18.7. The van der Waals surface area contributed by atoms with E-state index in [1.807, 2.05) is 48.5 Å². The number of halogens is 1. The van der Waals surface area contributed by atoms with Crippen LogP contribution in [0.3, 0.4) is 0 Å². The summed E-state index contributed by atoms with van der Waals surface area (Å²) in [5, 5.41) is 7.76. The highest BCUT2D eigenvalue weighted by Crippen LogP contribution is 2.31. The van der Waals surface area contributed by atoms with E-state index in [1.165, 1.54) is 16.7 Å². The van der Waals surface area contributed by atoms with Gasteiger partial charge in [0.1, 0.15) is 0 Å². The van der Waals surface area contributed by atoms with Gasteiger partial charge in [-0.05, 0) is 60.2 Å². The molecule has 4 rings (SSSR count). The van der Waals surface area contributed by atoms with E-state index in [1.54, 1.807) is 0 Å². The number of benzene rings is 3. The van der Waals surface area contributed by atoms with Crippen LogP contribution in [0.1, 0.15) is 51.9 Å². The Labute approximate surface area is 189 Å². The molecule has 0 radical (unpaired) electrons. The fourth-order valence-electron chi connectivity index (χ4n) is 4.23. The molecule has 0 bridgehead atoms. The van der Waals surface area contributed by atoms with Gasteiger partial charge in [0, 0.05) is 18.5 Å². The molecule has 3 aromatic rings. The van der Waals surface area contributed by atoms with Crippen molar-refractivity contribution in [3.05, 3.63) is 99.6 Å². The smallest absolute Gasteiger partial charge is 0.163 e. The average molecular weight is 433 g/mol. The Morgan fingerprint density at radius 3 is 2.52 bits per heavy atom. The van der Waals surface area contributed by atoms with E-state index >= 15 is 0 Å². The van der Waals surface area contributed by atoms with Crippen LogP contribution in [0.4, 0.5) is 5.69 Å². The Balaban J connectivity index is 1.40. The maximum absolute atomic E-state index is 12.7. The van der Waals surface area contributed by atoms with Gasteiger partial charge in [0.15, 0.2) is 5.78 Å². The van der Waals surface area contributed by atoms with Crippen LogP contribution in [-0.2, 0) is 19.4 Å². The standard InChI is InChI=1S/C27H29ClN2O/c1-19(21-5-3-2-4-6-21)17-26(31)23-9-7-20(8-10-23)18-30-27-24-14-16-29-15-13-22(24)11-12-25(27)28/h2-12,19,29-30H,13-18H2,1H3/t19-/m1/s1. The molecule has 1 aliphatic heterocycles. The SMILES string of the molecule is C[C@H](CC(=O)c1ccc(CNc2c(Cl)ccc3c2CCNCC3)cc1)c1ccccc1. The molecule has 160 valence electrons. The number of hydrogen-bond acceptors (Lipinski definition) is 3. The molecule has 0 aromatic heterocycles. The predicted molar refractivity (Wildman–Crippen MR) is 129 cm³/mol. The van der Waals surface area contributed by atoms with Gasteiger partial charge in [0.05, 0.1) is 10.7 Å². The molecule has 0 unspecified atom stereocenters. The van der Waals surface area contributed by atoms with Crippen molar-refractivity contribution >= 4 is 23.1 Å². The first kappa shape index (κ1) is 21.6. The molecule has 3 nitrogen and oxygen atoms in total. The lowest BCUT2D eigenvalue weighted by molar-refractivity contribution is 0.0975. The molecule has 1 aliphatic rings. The van der Waals surface area contributed by atoms with E-state index in [2.05, 4.69) is 35.8 Å². The number of carbonyl (C=O) groups is 1. The molecule has 0 aliphatic carbocycles. The predicted octanol–water partition coefficient (Wildman–Crippen LogP) is 6.02. The fraction of sp³-hybridized carbons (Fsp3) is 0.296. The molecule has 31 heavy (non-hydrogen) atoms. The summed E-state index contributed by atoms with van der Waals surface area (Å²) in [5.41, 5.74) is 6.83. The second-order valence-corrected chi connectivity index (χ2v) is 8.71. The number of Topliss-reactive ketones (excluding diaryl/α,β-unsaturated/α-hetero) is 1. The Bertz CT molecular complexity index is 1030. The van der Waals surface area contributed by atoms with Crippen molar-refractivity contribution in [2.75, 3.05) is 18.4 Å². The third-order valence-electron chi connectivity index (χ3n) is 6.09. The van der Waals surface area contributed by atoms with Crippen molar-refractivity contribution in [2.24, 2.45) is 0 Å². The van der Waals surface area contributed by atoms with Crippen LogP contribution in [0.15, 0.2) is 66.7 Å². The molecule has 4 heteroatoms. The van der Waals surface area contributed by atoms with E-state index in [9.17, 15) is 4.79 Å². The minimum atomic E-state index is 0.180. The van der Waals surface area contributed by atoms with Crippen LogP contribution in [0.5, 0.6) is 0 Å².